The number of anilines is 1. The maximum Gasteiger partial charge on any atom is 0.490 e. The minimum Gasteiger partial charge on any atom is -0.460 e. The molecule has 0 radical (unpaired) electrons. The summed E-state index contributed by atoms with van der Waals surface area (Å²) in [6, 6.07) is 0.415. The number of hydrogen-bond acceptors (Lipinski definition) is 16. The van der Waals surface area contributed by atoms with Gasteiger partial charge in [-0.2, -0.15) is 13.6 Å². The van der Waals surface area contributed by atoms with E-state index in [0.29, 0.717) is 19.3 Å². The Hall–Kier alpha value is -2.09. The van der Waals surface area contributed by atoms with Crippen molar-refractivity contribution in [2.24, 2.45) is 5.73 Å². The zero-order valence-corrected chi connectivity index (χ0v) is 29.3. The normalized spacial score (nSPS) is 22.6. The highest BCUT2D eigenvalue weighted by molar-refractivity contribution is 7.66. The highest BCUT2D eigenvalue weighted by Crippen LogP contribution is 2.67. The zero-order valence-electron chi connectivity index (χ0n) is 26.6. The molecule has 1 saturated heterocycles. The fraction of sp³-hybridized carbons (Fsp3) is 0.750. The van der Waals surface area contributed by atoms with Crippen LogP contribution in [0.4, 0.5) is 5.82 Å². The van der Waals surface area contributed by atoms with Gasteiger partial charge in [-0.25, -0.2) is 18.5 Å². The molecule has 1 aliphatic heterocycles. The molecule has 48 heavy (non-hydrogen) atoms. The average molecular weight is 752 g/mol. The predicted molar refractivity (Wildman–Crippen MR) is 166 cm³/mol. The number of carbonyl (C=O) groups excluding carboxylic acids is 2. The largest absolute Gasteiger partial charge is 0.490 e. The quantitative estimate of drug-likeness (QED) is 0.0554. The summed E-state index contributed by atoms with van der Waals surface area (Å²) in [5.41, 5.74) is 9.80. The molecule has 0 bridgehead atoms. The molecule has 2 rings (SSSR count). The van der Waals surface area contributed by atoms with Gasteiger partial charge in [-0.3, -0.25) is 23.2 Å². The third-order valence-electron chi connectivity index (χ3n) is 6.22. The number of aromatic nitrogens is 2. The molecule has 0 spiro atoms. The molecule has 2 heterocycles. The number of amides is 1. The topological polar surface area (TPSA) is 321 Å². The van der Waals surface area contributed by atoms with E-state index in [-0.39, 0.29) is 38.0 Å². The van der Waals surface area contributed by atoms with E-state index in [4.69, 9.17) is 20.9 Å². The summed E-state index contributed by atoms with van der Waals surface area (Å²) >= 11 is 0. The number of phosphoric acid groups is 3. The summed E-state index contributed by atoms with van der Waals surface area (Å²) in [7, 11) is -16.4. The molecule has 4 unspecified atom stereocenters. The number of esters is 1. The van der Waals surface area contributed by atoms with Gasteiger partial charge in [0.25, 0.3) is 0 Å². The Morgan fingerprint density at radius 3 is 2.33 bits per heavy atom. The fourth-order valence-corrected chi connectivity index (χ4v) is 7.62. The Balaban J connectivity index is 1.65. The summed E-state index contributed by atoms with van der Waals surface area (Å²) in [6.45, 7) is 4.19. The van der Waals surface area contributed by atoms with Crippen molar-refractivity contribution in [2.45, 2.75) is 95.8 Å². The van der Waals surface area contributed by atoms with Crippen LogP contribution < -0.4 is 22.5 Å². The van der Waals surface area contributed by atoms with Crippen LogP contribution in [0.25, 0.3) is 0 Å². The fourth-order valence-electron chi connectivity index (χ4n) is 4.07. The first-order valence-corrected chi connectivity index (χ1v) is 19.2. The molecule has 1 aromatic heterocycles. The van der Waals surface area contributed by atoms with Crippen LogP contribution in [0.2, 0.25) is 0 Å². The SMILES string of the molecule is CC(C)(C)OC(=O)CCC(N)C(=O)NCCCCCCOP(=O)(O)OP(=O)(O)OP(=O)(O)OC[C@H]1O[C@@H](n2ccc(N)nc2=O)C[C@H]1O. The second-order valence-corrected chi connectivity index (χ2v) is 16.2. The number of ether oxygens (including phenoxy) is 2. The Bertz CT molecular complexity index is 1440. The van der Waals surface area contributed by atoms with E-state index in [1.807, 2.05) is 0 Å². The van der Waals surface area contributed by atoms with Crippen LogP contribution in [0, 0.1) is 0 Å². The van der Waals surface area contributed by atoms with Gasteiger partial charge in [-0.05, 0) is 46.1 Å². The van der Waals surface area contributed by atoms with E-state index in [0.717, 1.165) is 4.57 Å². The second kappa shape index (κ2) is 18.2. The number of aliphatic hydroxyl groups excluding tert-OH is 1. The van der Waals surface area contributed by atoms with Gasteiger partial charge in [0.05, 0.1) is 25.4 Å². The molecule has 276 valence electrons. The molecule has 1 aromatic rings. The van der Waals surface area contributed by atoms with Gasteiger partial charge in [-0.15, -0.1) is 0 Å². The third kappa shape index (κ3) is 16.1. The van der Waals surface area contributed by atoms with Gasteiger partial charge >= 0.3 is 35.1 Å². The number of nitrogens with two attached hydrogens (primary N) is 2. The highest BCUT2D eigenvalue weighted by atomic mass is 31.3. The summed E-state index contributed by atoms with van der Waals surface area (Å²) in [5.74, 6) is -0.940. The Morgan fingerprint density at radius 2 is 1.71 bits per heavy atom. The first kappa shape index (κ1) is 42.1. The number of nitrogens with one attached hydrogen (secondary N) is 1. The van der Waals surface area contributed by atoms with Crippen LogP contribution in [-0.4, -0.2) is 84.8 Å². The Labute approximate surface area is 276 Å². The average Bonchev–Trinajstić information content (AvgIpc) is 3.29. The minimum atomic E-state index is -5.71. The zero-order chi connectivity index (χ0) is 36.3. The van der Waals surface area contributed by atoms with Crippen LogP contribution in [0.3, 0.4) is 0 Å². The van der Waals surface area contributed by atoms with E-state index in [9.17, 15) is 47.9 Å². The number of carbonyl (C=O) groups is 2. The van der Waals surface area contributed by atoms with Crippen molar-refractivity contribution in [3.05, 3.63) is 22.7 Å². The maximum absolute atomic E-state index is 12.2. The summed E-state index contributed by atoms with van der Waals surface area (Å²) in [6.07, 6.45) is -0.695. The molecule has 7 atom stereocenters. The molecule has 21 nitrogen and oxygen atoms in total. The molecule has 1 fully saturated rings. The molecular formula is C24H44N5O16P3. The molecule has 24 heteroatoms. The number of aliphatic hydroxyl groups is 1. The van der Waals surface area contributed by atoms with Crippen LogP contribution in [0.5, 0.6) is 0 Å². The maximum atomic E-state index is 12.2. The van der Waals surface area contributed by atoms with Crippen molar-refractivity contribution in [3.8, 4) is 0 Å². The van der Waals surface area contributed by atoms with E-state index >= 15 is 0 Å². The van der Waals surface area contributed by atoms with Crippen LogP contribution in [0.15, 0.2) is 17.1 Å². The van der Waals surface area contributed by atoms with Gasteiger partial charge < -0.3 is 46.0 Å². The van der Waals surface area contributed by atoms with Crippen molar-refractivity contribution in [3.63, 3.8) is 0 Å². The monoisotopic (exact) mass is 751 g/mol. The lowest BCUT2D eigenvalue weighted by Crippen LogP contribution is -2.41. The number of rotatable bonds is 20. The van der Waals surface area contributed by atoms with E-state index in [1.165, 1.54) is 12.3 Å². The lowest BCUT2D eigenvalue weighted by Gasteiger charge is -2.20. The third-order valence-corrected chi connectivity index (χ3v) is 10.5. The van der Waals surface area contributed by atoms with Crippen molar-refractivity contribution >= 4 is 41.2 Å². The van der Waals surface area contributed by atoms with Crippen LogP contribution >= 0.6 is 23.5 Å². The predicted octanol–water partition coefficient (Wildman–Crippen LogP) is 0.967. The van der Waals surface area contributed by atoms with Gasteiger partial charge in [0.15, 0.2) is 0 Å². The highest BCUT2D eigenvalue weighted by Gasteiger charge is 2.44. The Kier molecular flexibility index (Phi) is 16.0. The summed E-state index contributed by atoms with van der Waals surface area (Å²) in [4.78, 5) is 68.7. The van der Waals surface area contributed by atoms with Crippen molar-refractivity contribution < 1.29 is 70.2 Å². The molecule has 9 N–H and O–H groups in total. The van der Waals surface area contributed by atoms with E-state index < -0.39 is 84.3 Å². The molecule has 1 aliphatic rings. The lowest BCUT2D eigenvalue weighted by molar-refractivity contribution is -0.155. The van der Waals surface area contributed by atoms with Gasteiger partial charge in [-0.1, -0.05) is 12.8 Å². The minimum absolute atomic E-state index is 0.00742. The van der Waals surface area contributed by atoms with Crippen molar-refractivity contribution in [2.75, 3.05) is 25.5 Å². The molecule has 1 amide bonds. The molecule has 0 aromatic carbocycles. The first-order valence-electron chi connectivity index (χ1n) is 14.7. The smallest absolute Gasteiger partial charge is 0.460 e. The van der Waals surface area contributed by atoms with Crippen molar-refractivity contribution in [1.82, 2.24) is 14.9 Å². The number of hydrogen-bond donors (Lipinski definition) is 7. The van der Waals surface area contributed by atoms with Gasteiger partial charge in [0.2, 0.25) is 5.91 Å². The van der Waals surface area contributed by atoms with E-state index in [1.54, 1.807) is 20.8 Å². The summed E-state index contributed by atoms with van der Waals surface area (Å²) in [5, 5.41) is 12.8. The number of nitrogens with zero attached hydrogens (tertiary/aromatic N) is 2. The standard InChI is InChI=1S/C24H44N5O16P3/c1-24(2,3)43-21(31)9-8-16(25)22(32)27-11-6-4-5-7-13-40-46(34,35)44-48(38,39)45-47(36,37)41-15-18-17(30)14-20(42-18)29-12-10-19(26)28-23(29)33/h10,12,16-18,20,30H,4-9,11,13-15,25H2,1-3H3,(H,27,32)(H,34,35)(H,36,37)(H,38,39)(H2,26,28,33)/t16?,17-,18-,20-/m1/s1. The molecule has 0 aliphatic carbocycles. The number of phosphoric ester groups is 2. The van der Waals surface area contributed by atoms with E-state index in [2.05, 4.69) is 28.0 Å². The van der Waals surface area contributed by atoms with Crippen LogP contribution in [0.1, 0.15) is 71.9 Å². The number of nitrogen functional groups attached to an aromatic ring is 1. The molecular weight excluding hydrogens is 707 g/mol. The van der Waals surface area contributed by atoms with Gasteiger partial charge in [0.1, 0.15) is 23.8 Å². The van der Waals surface area contributed by atoms with Gasteiger partial charge in [0, 0.05) is 25.6 Å². The summed E-state index contributed by atoms with van der Waals surface area (Å²) < 4.78 is 65.3. The Morgan fingerprint density at radius 1 is 1.08 bits per heavy atom. The second-order valence-electron chi connectivity index (χ2n) is 11.6. The van der Waals surface area contributed by atoms with Crippen molar-refractivity contribution in [1.29, 1.82) is 0 Å². The van der Waals surface area contributed by atoms with Crippen LogP contribution in [-0.2, 0) is 50.4 Å². The first-order chi connectivity index (χ1) is 22.1. The lowest BCUT2D eigenvalue weighted by atomic mass is 10.1. The molecule has 0 saturated carbocycles. The number of unbranched alkanes of at least 4 members (excludes halogenated alkanes) is 3.